The third-order valence-electron chi connectivity index (χ3n) is 6.37. The molecule has 2 heterocycles. The number of amides is 1. The van der Waals surface area contributed by atoms with E-state index < -0.39 is 0 Å². The molecule has 1 saturated carbocycles. The standard InChI is InChI=1S/C24H27N5O2S/c30-22-17-10-4-5-11-18(17)27-24(28-22)32-14-21(23(31)26-16-8-2-1-3-9-16)29-15-25-19-12-6-7-13-20(19)29/h4-7,10-13,16,20-21H,1-3,8-9,14-15H2,(H,26,31)(H,27,28,30). The number of carbonyl (C=O) groups is 1. The first-order chi connectivity index (χ1) is 15.7. The number of aromatic amines is 1. The molecule has 2 aromatic rings. The van der Waals surface area contributed by atoms with Crippen molar-refractivity contribution < 1.29 is 4.79 Å². The van der Waals surface area contributed by atoms with Crippen molar-refractivity contribution in [2.75, 3.05) is 12.4 Å². The molecular weight excluding hydrogens is 422 g/mol. The van der Waals surface area contributed by atoms with Gasteiger partial charge in [-0.3, -0.25) is 19.5 Å². The van der Waals surface area contributed by atoms with Gasteiger partial charge in [-0.05, 0) is 31.1 Å². The van der Waals surface area contributed by atoms with Crippen LogP contribution in [0.15, 0.2) is 63.5 Å². The van der Waals surface area contributed by atoms with E-state index in [4.69, 9.17) is 0 Å². The second-order valence-corrected chi connectivity index (χ2v) is 9.49. The van der Waals surface area contributed by atoms with Crippen LogP contribution in [0.2, 0.25) is 0 Å². The molecule has 2 N–H and O–H groups in total. The third-order valence-corrected chi connectivity index (χ3v) is 7.32. The Hall–Kier alpha value is -2.71. The van der Waals surface area contributed by atoms with Crippen molar-refractivity contribution in [1.82, 2.24) is 20.2 Å². The zero-order valence-electron chi connectivity index (χ0n) is 17.9. The SMILES string of the molecule is O=C(NC1CCCCC1)C(CSc1nc2ccccc2c(=O)[nH]1)N1CN=C2C=CC=CC21. The monoisotopic (exact) mass is 449 g/mol. The van der Waals surface area contributed by atoms with Gasteiger partial charge in [0.25, 0.3) is 5.56 Å². The highest BCUT2D eigenvalue weighted by Gasteiger charge is 2.37. The minimum atomic E-state index is -0.374. The Bertz CT molecular complexity index is 1150. The highest BCUT2D eigenvalue weighted by molar-refractivity contribution is 7.99. The van der Waals surface area contributed by atoms with Crippen molar-refractivity contribution in [2.24, 2.45) is 4.99 Å². The third kappa shape index (κ3) is 4.42. The van der Waals surface area contributed by atoms with Gasteiger partial charge in [0.05, 0.1) is 29.3 Å². The lowest BCUT2D eigenvalue weighted by atomic mass is 9.95. The summed E-state index contributed by atoms with van der Waals surface area (Å²) in [5.74, 6) is 0.517. The van der Waals surface area contributed by atoms with E-state index in [0.29, 0.717) is 28.5 Å². The number of hydrogen-bond donors (Lipinski definition) is 2. The van der Waals surface area contributed by atoms with Crippen LogP contribution in [-0.4, -0.2) is 57.0 Å². The van der Waals surface area contributed by atoms with E-state index in [9.17, 15) is 9.59 Å². The van der Waals surface area contributed by atoms with Gasteiger partial charge >= 0.3 is 0 Å². The van der Waals surface area contributed by atoms with E-state index in [-0.39, 0.29) is 29.6 Å². The molecule has 8 heteroatoms. The van der Waals surface area contributed by atoms with Crippen molar-refractivity contribution in [1.29, 1.82) is 0 Å². The molecule has 1 aliphatic heterocycles. The maximum atomic E-state index is 13.4. The van der Waals surface area contributed by atoms with Crippen LogP contribution in [0.25, 0.3) is 10.9 Å². The van der Waals surface area contributed by atoms with Gasteiger partial charge < -0.3 is 10.3 Å². The highest BCUT2D eigenvalue weighted by atomic mass is 32.2. The number of para-hydroxylation sites is 1. The Balaban J connectivity index is 1.36. The summed E-state index contributed by atoms with van der Waals surface area (Å²) >= 11 is 1.41. The van der Waals surface area contributed by atoms with Crippen LogP contribution in [0.3, 0.4) is 0 Å². The molecule has 1 aromatic carbocycles. The maximum Gasteiger partial charge on any atom is 0.259 e. The number of allylic oxidation sites excluding steroid dienone is 2. The zero-order chi connectivity index (χ0) is 21.9. The normalized spacial score (nSPS) is 22.0. The molecule has 32 heavy (non-hydrogen) atoms. The molecule has 2 aliphatic carbocycles. The van der Waals surface area contributed by atoms with Crippen molar-refractivity contribution in [3.05, 3.63) is 58.9 Å². The molecular formula is C24H27N5O2S. The maximum absolute atomic E-state index is 13.4. The molecule has 0 saturated heterocycles. The molecule has 0 bridgehead atoms. The lowest BCUT2D eigenvalue weighted by molar-refractivity contribution is -0.126. The molecule has 166 valence electrons. The van der Waals surface area contributed by atoms with Gasteiger partial charge in [0.15, 0.2) is 5.16 Å². The average Bonchev–Trinajstić information content (AvgIpc) is 3.24. The van der Waals surface area contributed by atoms with Gasteiger partial charge in [-0.1, -0.05) is 61.4 Å². The second kappa shape index (κ2) is 9.42. The first kappa shape index (κ1) is 21.2. The Labute approximate surface area is 191 Å². The fourth-order valence-electron chi connectivity index (χ4n) is 4.65. The Kier molecular flexibility index (Phi) is 6.23. The molecule has 1 amide bonds. The molecule has 1 fully saturated rings. The molecule has 1 aromatic heterocycles. The number of nitrogens with zero attached hydrogens (tertiary/aromatic N) is 3. The number of carbonyl (C=O) groups excluding carboxylic acids is 1. The zero-order valence-corrected chi connectivity index (χ0v) is 18.7. The van der Waals surface area contributed by atoms with Gasteiger partial charge in [-0.25, -0.2) is 4.98 Å². The van der Waals surface area contributed by atoms with E-state index in [1.807, 2.05) is 36.4 Å². The molecule has 5 rings (SSSR count). The van der Waals surface area contributed by atoms with Crippen LogP contribution >= 0.6 is 11.8 Å². The highest BCUT2D eigenvalue weighted by Crippen LogP contribution is 2.25. The van der Waals surface area contributed by atoms with E-state index in [1.54, 1.807) is 6.07 Å². The quantitative estimate of drug-likeness (QED) is 0.523. The van der Waals surface area contributed by atoms with Gasteiger partial charge in [0.2, 0.25) is 5.91 Å². The van der Waals surface area contributed by atoms with Crippen LogP contribution in [0.1, 0.15) is 32.1 Å². The first-order valence-electron chi connectivity index (χ1n) is 11.3. The Morgan fingerprint density at radius 3 is 2.94 bits per heavy atom. The lowest BCUT2D eigenvalue weighted by Gasteiger charge is -2.32. The van der Waals surface area contributed by atoms with Crippen LogP contribution in [0.4, 0.5) is 0 Å². The van der Waals surface area contributed by atoms with Crippen LogP contribution in [-0.2, 0) is 4.79 Å². The number of aromatic nitrogens is 2. The fourth-order valence-corrected chi connectivity index (χ4v) is 5.63. The van der Waals surface area contributed by atoms with Crippen molar-refractivity contribution >= 4 is 34.3 Å². The van der Waals surface area contributed by atoms with Crippen molar-refractivity contribution in [2.45, 2.75) is 55.4 Å². The van der Waals surface area contributed by atoms with Gasteiger partial charge in [0, 0.05) is 11.8 Å². The molecule has 0 radical (unpaired) electrons. The Morgan fingerprint density at radius 1 is 1.22 bits per heavy atom. The summed E-state index contributed by atoms with van der Waals surface area (Å²) in [6.07, 6.45) is 13.7. The average molecular weight is 450 g/mol. The van der Waals surface area contributed by atoms with Crippen molar-refractivity contribution in [3.63, 3.8) is 0 Å². The van der Waals surface area contributed by atoms with Crippen molar-refractivity contribution in [3.8, 4) is 0 Å². The van der Waals surface area contributed by atoms with Crippen LogP contribution < -0.4 is 10.9 Å². The Morgan fingerprint density at radius 2 is 2.06 bits per heavy atom. The summed E-state index contributed by atoms with van der Waals surface area (Å²) in [4.78, 5) is 40.1. The summed E-state index contributed by atoms with van der Waals surface area (Å²) in [6, 6.07) is 7.17. The fraction of sp³-hybridized carbons (Fsp3) is 0.417. The number of thioether (sulfide) groups is 1. The number of H-pyrrole nitrogens is 1. The van der Waals surface area contributed by atoms with E-state index in [1.165, 1.54) is 31.0 Å². The minimum absolute atomic E-state index is 0.00585. The topological polar surface area (TPSA) is 90.4 Å². The van der Waals surface area contributed by atoms with E-state index >= 15 is 0 Å². The predicted octanol–water partition coefficient (Wildman–Crippen LogP) is 3.04. The van der Waals surface area contributed by atoms with Crippen LogP contribution in [0, 0.1) is 0 Å². The molecule has 7 nitrogen and oxygen atoms in total. The minimum Gasteiger partial charge on any atom is -0.352 e. The second-order valence-electron chi connectivity index (χ2n) is 8.49. The largest absolute Gasteiger partial charge is 0.352 e. The lowest BCUT2D eigenvalue weighted by Crippen LogP contribution is -2.54. The summed E-state index contributed by atoms with van der Waals surface area (Å²) in [5, 5.41) is 4.39. The smallest absolute Gasteiger partial charge is 0.259 e. The number of fused-ring (bicyclic) bond motifs is 2. The predicted molar refractivity (Wildman–Crippen MR) is 128 cm³/mol. The van der Waals surface area contributed by atoms with Gasteiger partial charge in [-0.15, -0.1) is 0 Å². The summed E-state index contributed by atoms with van der Waals surface area (Å²) < 4.78 is 0. The molecule has 2 atom stereocenters. The number of rotatable bonds is 6. The number of nitrogens with one attached hydrogen (secondary N) is 2. The summed E-state index contributed by atoms with van der Waals surface area (Å²) in [6.45, 7) is 0.486. The number of aliphatic imine (C=N–C) groups is 1. The first-order valence-corrected chi connectivity index (χ1v) is 12.2. The molecule has 2 unspecified atom stereocenters. The summed E-state index contributed by atoms with van der Waals surface area (Å²) in [7, 11) is 0. The van der Waals surface area contributed by atoms with Gasteiger partial charge in [-0.2, -0.15) is 0 Å². The number of benzene rings is 1. The van der Waals surface area contributed by atoms with Gasteiger partial charge in [0.1, 0.15) is 6.04 Å². The van der Waals surface area contributed by atoms with Crippen LogP contribution in [0.5, 0.6) is 0 Å². The molecule has 0 spiro atoms. The van der Waals surface area contributed by atoms with E-state index in [0.717, 1.165) is 18.6 Å². The number of hydrogen-bond acceptors (Lipinski definition) is 6. The molecule has 3 aliphatic rings. The van der Waals surface area contributed by atoms with E-state index in [2.05, 4.69) is 31.3 Å². The summed E-state index contributed by atoms with van der Waals surface area (Å²) in [5.41, 5.74) is 1.49.